The highest BCUT2D eigenvalue weighted by Crippen LogP contribution is 2.46. The number of anilines is 1. The monoisotopic (exact) mass is 405 g/mol. The molecule has 3 heterocycles. The fourth-order valence-electron chi connectivity index (χ4n) is 4.48. The first-order valence-electron chi connectivity index (χ1n) is 9.29. The van der Waals surface area contributed by atoms with Crippen LogP contribution in [-0.2, 0) is 9.59 Å². The summed E-state index contributed by atoms with van der Waals surface area (Å²) in [5.41, 5.74) is 0.908. The van der Waals surface area contributed by atoms with Crippen LogP contribution in [0.25, 0.3) is 0 Å². The topological polar surface area (TPSA) is 70.0 Å². The molecule has 2 amide bonds. The number of amides is 2. The molecule has 0 spiro atoms. The number of imide groups is 1. The Morgan fingerprint density at radius 3 is 2.48 bits per heavy atom. The molecule has 2 aromatic rings. The van der Waals surface area contributed by atoms with E-state index in [4.69, 9.17) is 11.6 Å². The van der Waals surface area contributed by atoms with Gasteiger partial charge in [-0.1, -0.05) is 54.1 Å². The summed E-state index contributed by atoms with van der Waals surface area (Å²) >= 11 is 6.07. The zero-order valence-electron chi connectivity index (χ0n) is 15.2. The number of hydrogen-bond donors (Lipinski definition) is 0. The molecule has 1 unspecified atom stereocenters. The molecule has 0 aliphatic carbocycles. The number of hydrazone groups is 1. The van der Waals surface area contributed by atoms with Crippen LogP contribution in [-0.4, -0.2) is 40.9 Å². The van der Waals surface area contributed by atoms with Crippen molar-refractivity contribution < 1.29 is 14.4 Å². The molecular weight excluding hydrogens is 390 g/mol. The van der Waals surface area contributed by atoms with E-state index < -0.39 is 29.8 Å². The summed E-state index contributed by atoms with van der Waals surface area (Å²) in [7, 11) is 0. The average Bonchev–Trinajstić information content (AvgIpc) is 3.21. The quantitative estimate of drug-likeness (QED) is 0.581. The van der Waals surface area contributed by atoms with E-state index in [0.717, 1.165) is 4.90 Å². The van der Waals surface area contributed by atoms with Gasteiger partial charge in [-0.2, -0.15) is 5.10 Å². The number of ketones is 1. The Labute approximate surface area is 172 Å². The molecule has 2 saturated heterocycles. The number of halogens is 1. The van der Waals surface area contributed by atoms with E-state index in [-0.39, 0.29) is 11.7 Å². The van der Waals surface area contributed by atoms with Crippen LogP contribution in [0.15, 0.2) is 71.9 Å². The SMILES string of the molecule is O=C(c1ccccc1)[C@@H]1[C@@H]2C(=O)N(c3cccc(Cl)c3)C(=O)[C@@H]2C2C=CC=NN21. The van der Waals surface area contributed by atoms with Crippen molar-refractivity contribution in [2.24, 2.45) is 16.9 Å². The van der Waals surface area contributed by atoms with Crippen molar-refractivity contribution in [1.82, 2.24) is 5.01 Å². The van der Waals surface area contributed by atoms with Crippen molar-refractivity contribution in [3.8, 4) is 0 Å². The lowest BCUT2D eigenvalue weighted by Crippen LogP contribution is -2.46. The maximum Gasteiger partial charge on any atom is 0.240 e. The molecule has 3 aliphatic rings. The molecule has 6 nitrogen and oxygen atoms in total. The third-order valence-electron chi connectivity index (χ3n) is 5.68. The van der Waals surface area contributed by atoms with Gasteiger partial charge in [0.15, 0.2) is 5.78 Å². The van der Waals surface area contributed by atoms with Gasteiger partial charge in [0.2, 0.25) is 11.8 Å². The lowest BCUT2D eigenvalue weighted by molar-refractivity contribution is -0.123. The maximum absolute atomic E-state index is 13.4. The van der Waals surface area contributed by atoms with E-state index in [1.54, 1.807) is 65.8 Å². The van der Waals surface area contributed by atoms with Crippen LogP contribution in [0, 0.1) is 11.8 Å². The molecule has 3 aliphatic heterocycles. The molecule has 0 aromatic heterocycles. The number of Topliss-reactive ketones (excluding diaryl/α,β-unsaturated/α-hetero) is 1. The Morgan fingerprint density at radius 1 is 0.966 bits per heavy atom. The number of carbonyl (C=O) groups excluding carboxylic acids is 3. The van der Waals surface area contributed by atoms with Crippen LogP contribution in [0.5, 0.6) is 0 Å². The minimum absolute atomic E-state index is 0.218. The Morgan fingerprint density at radius 2 is 1.72 bits per heavy atom. The van der Waals surface area contributed by atoms with E-state index >= 15 is 0 Å². The van der Waals surface area contributed by atoms with Gasteiger partial charge in [-0.25, -0.2) is 4.90 Å². The zero-order valence-corrected chi connectivity index (χ0v) is 15.9. The van der Waals surface area contributed by atoms with Gasteiger partial charge in [0.05, 0.1) is 23.6 Å². The normalized spacial score (nSPS) is 27.3. The summed E-state index contributed by atoms with van der Waals surface area (Å²) < 4.78 is 0. The summed E-state index contributed by atoms with van der Waals surface area (Å²) in [6.07, 6.45) is 5.15. The molecule has 0 radical (unpaired) electrons. The first-order valence-corrected chi connectivity index (χ1v) is 9.67. The lowest BCUT2D eigenvalue weighted by atomic mass is 9.86. The van der Waals surface area contributed by atoms with E-state index in [2.05, 4.69) is 5.10 Å². The molecule has 144 valence electrons. The standard InChI is InChI=1S/C22H16ClN3O3/c23-14-8-4-9-15(12-14)25-21(28)17-16-10-5-11-24-26(16)19(18(17)22(25)29)20(27)13-6-2-1-3-7-13/h1-12,16-19H/t16?,17-,18-,19+/m1/s1. The molecule has 5 rings (SSSR count). The van der Waals surface area contributed by atoms with Crippen molar-refractivity contribution in [2.45, 2.75) is 12.1 Å². The highest BCUT2D eigenvalue weighted by atomic mass is 35.5. The summed E-state index contributed by atoms with van der Waals surface area (Å²) in [6.45, 7) is 0. The third kappa shape index (κ3) is 2.63. The lowest BCUT2D eigenvalue weighted by Gasteiger charge is -2.30. The second-order valence-electron chi connectivity index (χ2n) is 7.24. The third-order valence-corrected chi connectivity index (χ3v) is 5.92. The number of fused-ring (bicyclic) bond motifs is 3. The summed E-state index contributed by atoms with van der Waals surface area (Å²) in [6, 6.07) is 14.1. The van der Waals surface area contributed by atoms with Crippen molar-refractivity contribution in [3.05, 3.63) is 77.3 Å². The Hall–Kier alpha value is -3.25. The minimum atomic E-state index is -0.839. The Balaban J connectivity index is 1.59. The van der Waals surface area contributed by atoms with Gasteiger partial charge in [0, 0.05) is 16.8 Å². The van der Waals surface area contributed by atoms with Gasteiger partial charge in [-0.15, -0.1) is 0 Å². The fraction of sp³-hybridized carbons (Fsp3) is 0.182. The van der Waals surface area contributed by atoms with Gasteiger partial charge < -0.3 is 0 Å². The molecule has 0 bridgehead atoms. The van der Waals surface area contributed by atoms with Crippen LogP contribution in [0.2, 0.25) is 5.02 Å². The van der Waals surface area contributed by atoms with E-state index in [0.29, 0.717) is 16.3 Å². The van der Waals surface area contributed by atoms with Crippen molar-refractivity contribution in [1.29, 1.82) is 0 Å². The molecule has 0 saturated carbocycles. The number of allylic oxidation sites excluding steroid dienone is 1. The molecule has 2 fully saturated rings. The van der Waals surface area contributed by atoms with Gasteiger partial charge >= 0.3 is 0 Å². The van der Waals surface area contributed by atoms with Crippen molar-refractivity contribution in [3.63, 3.8) is 0 Å². The van der Waals surface area contributed by atoms with Crippen LogP contribution in [0.4, 0.5) is 5.69 Å². The number of carbonyl (C=O) groups is 3. The van der Waals surface area contributed by atoms with Gasteiger partial charge in [-0.05, 0) is 24.3 Å². The highest BCUT2D eigenvalue weighted by Gasteiger charge is 2.64. The highest BCUT2D eigenvalue weighted by molar-refractivity contribution is 6.31. The fourth-order valence-corrected chi connectivity index (χ4v) is 4.66. The second kappa shape index (κ2) is 6.67. The van der Waals surface area contributed by atoms with Gasteiger partial charge in [0.25, 0.3) is 0 Å². The van der Waals surface area contributed by atoms with E-state index in [9.17, 15) is 14.4 Å². The summed E-state index contributed by atoms with van der Waals surface area (Å²) in [5.74, 6) is -2.42. The van der Waals surface area contributed by atoms with E-state index in [1.807, 2.05) is 12.1 Å². The molecule has 2 aromatic carbocycles. The molecular formula is C22H16ClN3O3. The molecule has 7 heteroatoms. The Kier molecular flexibility index (Phi) is 4.10. The number of nitrogens with zero attached hydrogens (tertiary/aromatic N) is 3. The first-order chi connectivity index (χ1) is 14.1. The van der Waals surface area contributed by atoms with Crippen LogP contribution >= 0.6 is 11.6 Å². The minimum Gasteiger partial charge on any atom is -0.292 e. The van der Waals surface area contributed by atoms with Crippen molar-refractivity contribution in [2.75, 3.05) is 4.90 Å². The number of hydrogen-bond acceptors (Lipinski definition) is 5. The van der Waals surface area contributed by atoms with Crippen molar-refractivity contribution >= 4 is 41.1 Å². The first kappa shape index (κ1) is 17.8. The molecule has 0 N–H and O–H groups in total. The number of benzene rings is 2. The van der Waals surface area contributed by atoms with Crippen LogP contribution in [0.1, 0.15) is 10.4 Å². The van der Waals surface area contributed by atoms with Crippen LogP contribution < -0.4 is 4.90 Å². The second-order valence-corrected chi connectivity index (χ2v) is 7.67. The average molecular weight is 406 g/mol. The van der Waals surface area contributed by atoms with Crippen LogP contribution in [0.3, 0.4) is 0 Å². The Bertz CT molecular complexity index is 1080. The zero-order chi connectivity index (χ0) is 20.1. The van der Waals surface area contributed by atoms with Gasteiger partial charge in [-0.3, -0.25) is 19.4 Å². The predicted molar refractivity (Wildman–Crippen MR) is 109 cm³/mol. The largest absolute Gasteiger partial charge is 0.292 e. The number of rotatable bonds is 3. The summed E-state index contributed by atoms with van der Waals surface area (Å²) in [5, 5.41) is 6.38. The predicted octanol–water partition coefficient (Wildman–Crippen LogP) is 2.94. The van der Waals surface area contributed by atoms with Gasteiger partial charge in [0.1, 0.15) is 6.04 Å². The molecule has 29 heavy (non-hydrogen) atoms. The maximum atomic E-state index is 13.4. The molecule has 4 atom stereocenters. The smallest absolute Gasteiger partial charge is 0.240 e. The van der Waals surface area contributed by atoms with E-state index in [1.165, 1.54) is 0 Å². The summed E-state index contributed by atoms with van der Waals surface area (Å²) in [4.78, 5) is 41.2.